The summed E-state index contributed by atoms with van der Waals surface area (Å²) < 4.78 is 52.4. The zero-order chi connectivity index (χ0) is 21.2. The van der Waals surface area contributed by atoms with E-state index in [0.29, 0.717) is 5.56 Å². The van der Waals surface area contributed by atoms with Crippen LogP contribution < -0.4 is 10.9 Å². The summed E-state index contributed by atoms with van der Waals surface area (Å²) in [7, 11) is 0. The topological polar surface area (TPSA) is 51.1 Å². The predicted octanol–water partition coefficient (Wildman–Crippen LogP) is 4.96. The number of alkyl halides is 3. The van der Waals surface area contributed by atoms with E-state index in [9.17, 15) is 27.2 Å². The molecule has 1 amide bonds. The number of nitrogens with one attached hydrogen (secondary N) is 1. The van der Waals surface area contributed by atoms with Crippen molar-refractivity contribution < 1.29 is 22.4 Å². The van der Waals surface area contributed by atoms with Gasteiger partial charge in [-0.3, -0.25) is 9.59 Å². The van der Waals surface area contributed by atoms with E-state index in [1.807, 2.05) is 0 Å². The SMILES string of the molecule is O=C(Nc1ccc(F)c(Cl)c1)c1cccn(Cc2ccc(C(F)(F)F)cc2)c1=O. The number of nitrogens with zero attached hydrogens (tertiary/aromatic N) is 1. The summed E-state index contributed by atoms with van der Waals surface area (Å²) in [6, 6.07) is 10.7. The zero-order valence-electron chi connectivity index (χ0n) is 14.6. The molecule has 2 aromatic carbocycles. The minimum absolute atomic E-state index is 0.0134. The Morgan fingerprint density at radius 1 is 1.07 bits per heavy atom. The lowest BCUT2D eigenvalue weighted by molar-refractivity contribution is -0.137. The van der Waals surface area contributed by atoms with Crippen molar-refractivity contribution in [3.05, 3.63) is 98.7 Å². The first-order valence-electron chi connectivity index (χ1n) is 8.27. The molecule has 3 aromatic rings. The molecule has 9 heteroatoms. The van der Waals surface area contributed by atoms with Gasteiger partial charge < -0.3 is 9.88 Å². The smallest absolute Gasteiger partial charge is 0.322 e. The summed E-state index contributed by atoms with van der Waals surface area (Å²) in [5.74, 6) is -1.37. The van der Waals surface area contributed by atoms with E-state index in [2.05, 4.69) is 5.32 Å². The minimum Gasteiger partial charge on any atom is -0.322 e. The molecule has 0 saturated carbocycles. The first-order chi connectivity index (χ1) is 13.6. The largest absolute Gasteiger partial charge is 0.416 e. The van der Waals surface area contributed by atoms with Crippen LogP contribution in [0.4, 0.5) is 23.2 Å². The van der Waals surface area contributed by atoms with Gasteiger partial charge in [0.15, 0.2) is 0 Å². The first kappa shape index (κ1) is 20.6. The molecule has 1 heterocycles. The molecule has 0 fully saturated rings. The van der Waals surface area contributed by atoms with Gasteiger partial charge in [0.05, 0.1) is 17.1 Å². The Balaban J connectivity index is 1.81. The van der Waals surface area contributed by atoms with Crippen molar-refractivity contribution in [1.82, 2.24) is 4.57 Å². The second kappa shape index (κ2) is 8.08. The highest BCUT2D eigenvalue weighted by molar-refractivity contribution is 6.31. The summed E-state index contributed by atoms with van der Waals surface area (Å²) in [6.45, 7) is -0.0134. The summed E-state index contributed by atoms with van der Waals surface area (Å²) >= 11 is 5.67. The van der Waals surface area contributed by atoms with Crippen LogP contribution in [0.2, 0.25) is 5.02 Å². The van der Waals surface area contributed by atoms with E-state index < -0.39 is 29.0 Å². The third-order valence-corrected chi connectivity index (χ3v) is 4.37. The maximum atomic E-state index is 13.2. The third-order valence-electron chi connectivity index (χ3n) is 4.08. The van der Waals surface area contributed by atoms with Gasteiger partial charge in [-0.2, -0.15) is 13.2 Å². The van der Waals surface area contributed by atoms with Gasteiger partial charge in [-0.05, 0) is 48.0 Å². The number of rotatable bonds is 4. The maximum Gasteiger partial charge on any atom is 0.416 e. The van der Waals surface area contributed by atoms with Gasteiger partial charge >= 0.3 is 6.18 Å². The second-order valence-electron chi connectivity index (χ2n) is 6.13. The quantitative estimate of drug-likeness (QED) is 0.602. The number of amides is 1. The minimum atomic E-state index is -4.45. The van der Waals surface area contributed by atoms with Gasteiger partial charge in [-0.25, -0.2) is 4.39 Å². The van der Waals surface area contributed by atoms with E-state index >= 15 is 0 Å². The molecular formula is C20H13ClF4N2O2. The summed E-state index contributed by atoms with van der Waals surface area (Å²) in [5.41, 5.74) is -0.931. The Bertz CT molecular complexity index is 1110. The van der Waals surface area contributed by atoms with Gasteiger partial charge in [-0.15, -0.1) is 0 Å². The number of benzene rings is 2. The molecule has 0 radical (unpaired) electrons. The highest BCUT2D eigenvalue weighted by Crippen LogP contribution is 2.29. The number of aromatic nitrogens is 1. The fourth-order valence-corrected chi connectivity index (χ4v) is 2.78. The predicted molar refractivity (Wildman–Crippen MR) is 101 cm³/mol. The fraction of sp³-hybridized carbons (Fsp3) is 0.100. The van der Waals surface area contributed by atoms with Crippen molar-refractivity contribution in [2.45, 2.75) is 12.7 Å². The van der Waals surface area contributed by atoms with Crippen LogP contribution in [0.1, 0.15) is 21.5 Å². The number of hydrogen-bond donors (Lipinski definition) is 1. The van der Waals surface area contributed by atoms with E-state index in [0.717, 1.165) is 18.2 Å². The Morgan fingerprint density at radius 3 is 2.38 bits per heavy atom. The Labute approximate surface area is 167 Å². The Kier molecular flexibility index (Phi) is 5.74. The fourth-order valence-electron chi connectivity index (χ4n) is 2.60. The standard InChI is InChI=1S/C20H13ClF4N2O2/c21-16-10-14(7-8-17(16)22)26-18(28)15-2-1-9-27(19(15)29)11-12-3-5-13(6-4-12)20(23,24)25/h1-10H,11H2,(H,26,28). The second-order valence-corrected chi connectivity index (χ2v) is 6.54. The lowest BCUT2D eigenvalue weighted by Crippen LogP contribution is -2.29. The summed E-state index contributed by atoms with van der Waals surface area (Å²) in [6.07, 6.45) is -3.03. The van der Waals surface area contributed by atoms with Crippen LogP contribution in [0.25, 0.3) is 0 Å². The van der Waals surface area contributed by atoms with Crippen LogP contribution in [0.3, 0.4) is 0 Å². The molecule has 0 unspecified atom stereocenters. The van der Waals surface area contributed by atoms with Gasteiger partial charge in [0.1, 0.15) is 11.4 Å². The van der Waals surface area contributed by atoms with E-state index in [1.165, 1.54) is 47.2 Å². The molecule has 150 valence electrons. The summed E-state index contributed by atoms with van der Waals surface area (Å²) in [4.78, 5) is 25.0. The molecule has 0 aliphatic carbocycles. The molecular weight excluding hydrogens is 412 g/mol. The normalized spacial score (nSPS) is 11.3. The maximum absolute atomic E-state index is 13.2. The molecule has 4 nitrogen and oxygen atoms in total. The highest BCUT2D eigenvalue weighted by Gasteiger charge is 2.29. The van der Waals surface area contributed by atoms with E-state index in [1.54, 1.807) is 0 Å². The third kappa shape index (κ3) is 4.83. The van der Waals surface area contributed by atoms with Crippen molar-refractivity contribution in [3.63, 3.8) is 0 Å². The van der Waals surface area contributed by atoms with Crippen LogP contribution >= 0.6 is 11.6 Å². The van der Waals surface area contributed by atoms with Crippen LogP contribution in [-0.2, 0) is 12.7 Å². The van der Waals surface area contributed by atoms with E-state index in [4.69, 9.17) is 11.6 Å². The van der Waals surface area contributed by atoms with Crippen LogP contribution in [-0.4, -0.2) is 10.5 Å². The average molecular weight is 425 g/mol. The number of pyridine rings is 1. The molecule has 0 aliphatic rings. The van der Waals surface area contributed by atoms with Crippen LogP contribution in [0, 0.1) is 5.82 Å². The van der Waals surface area contributed by atoms with Crippen molar-refractivity contribution in [3.8, 4) is 0 Å². The van der Waals surface area contributed by atoms with Gasteiger partial charge in [-0.1, -0.05) is 23.7 Å². The van der Waals surface area contributed by atoms with E-state index in [-0.39, 0.29) is 22.8 Å². The average Bonchev–Trinajstić information content (AvgIpc) is 2.66. The van der Waals surface area contributed by atoms with Crippen molar-refractivity contribution >= 4 is 23.2 Å². The van der Waals surface area contributed by atoms with Gasteiger partial charge in [0.2, 0.25) is 0 Å². The molecule has 1 N–H and O–H groups in total. The number of halogens is 5. The molecule has 0 saturated heterocycles. The molecule has 0 aliphatic heterocycles. The number of anilines is 1. The Hall–Kier alpha value is -3.13. The molecule has 3 rings (SSSR count). The Morgan fingerprint density at radius 2 is 1.76 bits per heavy atom. The molecule has 0 bridgehead atoms. The number of carbonyl (C=O) groups is 1. The number of hydrogen-bond acceptors (Lipinski definition) is 2. The van der Waals surface area contributed by atoms with Crippen molar-refractivity contribution in [2.24, 2.45) is 0 Å². The monoisotopic (exact) mass is 424 g/mol. The van der Waals surface area contributed by atoms with Crippen LogP contribution in [0.15, 0.2) is 65.6 Å². The lowest BCUT2D eigenvalue weighted by atomic mass is 10.1. The number of carbonyl (C=O) groups excluding carboxylic acids is 1. The van der Waals surface area contributed by atoms with Crippen molar-refractivity contribution in [2.75, 3.05) is 5.32 Å². The molecule has 0 atom stereocenters. The molecule has 29 heavy (non-hydrogen) atoms. The van der Waals surface area contributed by atoms with Gasteiger partial charge in [0, 0.05) is 11.9 Å². The summed E-state index contributed by atoms with van der Waals surface area (Å²) in [5, 5.41) is 2.27. The zero-order valence-corrected chi connectivity index (χ0v) is 15.4. The first-order valence-corrected chi connectivity index (χ1v) is 8.65. The molecule has 1 aromatic heterocycles. The van der Waals surface area contributed by atoms with Crippen LogP contribution in [0.5, 0.6) is 0 Å². The van der Waals surface area contributed by atoms with Gasteiger partial charge in [0.25, 0.3) is 11.5 Å². The molecule has 0 spiro atoms. The lowest BCUT2D eigenvalue weighted by Gasteiger charge is -2.11. The van der Waals surface area contributed by atoms with Crippen molar-refractivity contribution in [1.29, 1.82) is 0 Å². The highest BCUT2D eigenvalue weighted by atomic mass is 35.5.